The first-order valence-electron chi connectivity index (χ1n) is 12.1. The van der Waals surface area contributed by atoms with Crippen LogP contribution in [0.2, 0.25) is 0 Å². The molecule has 3 heteroatoms. The minimum absolute atomic E-state index is 0.219. The molecule has 0 bridgehead atoms. The number of aliphatic hydroxyl groups is 2. The molecule has 29 heavy (non-hydrogen) atoms. The third kappa shape index (κ3) is 8.55. The fourth-order valence-corrected chi connectivity index (χ4v) is 5.05. The Morgan fingerprint density at radius 2 is 1.90 bits per heavy atom. The minimum atomic E-state index is -0.615. The maximum absolute atomic E-state index is 10.5. The van der Waals surface area contributed by atoms with Gasteiger partial charge in [0, 0.05) is 11.5 Å². The number of allylic oxidation sites excluding steroid dienone is 2. The summed E-state index contributed by atoms with van der Waals surface area (Å²) in [5.74, 6) is 1.38. The van der Waals surface area contributed by atoms with Gasteiger partial charge in [-0.1, -0.05) is 50.0 Å². The van der Waals surface area contributed by atoms with Gasteiger partial charge in [0.1, 0.15) is 0 Å². The molecular formula is C26H47NO2. The lowest BCUT2D eigenvalue weighted by molar-refractivity contribution is 0.0513. The summed E-state index contributed by atoms with van der Waals surface area (Å²) in [5, 5.41) is 24.6. The molecule has 0 saturated heterocycles. The third-order valence-corrected chi connectivity index (χ3v) is 6.76. The summed E-state index contributed by atoms with van der Waals surface area (Å²) >= 11 is 0. The molecular weight excluding hydrogens is 358 g/mol. The number of hydrogen-bond acceptors (Lipinski definition) is 3. The fourth-order valence-electron chi connectivity index (χ4n) is 5.05. The van der Waals surface area contributed by atoms with Gasteiger partial charge < -0.3 is 15.5 Å². The number of nitrogens with one attached hydrogen (secondary N) is 1. The molecule has 5 atom stereocenters. The van der Waals surface area contributed by atoms with Crippen LogP contribution < -0.4 is 5.32 Å². The Morgan fingerprint density at radius 1 is 1.14 bits per heavy atom. The summed E-state index contributed by atoms with van der Waals surface area (Å²) in [6, 6.07) is 0. The Balaban J connectivity index is 1.72. The van der Waals surface area contributed by atoms with Crippen LogP contribution in [0.4, 0.5) is 0 Å². The standard InChI is InChI=1S/C26H47NO2/c1-6-7-14-26(5,29)15-11-13-22-23-18-20(17-21(23)19-24(22)28)12-9-8-10-16-27-25(2,3)4/h11,13,17,21-24,27-29H,6-10,12,14-16,18-19H2,1-5H3/t21-,22+,23-,24+,26-/m0/s1. The van der Waals surface area contributed by atoms with Crippen molar-refractivity contribution in [1.29, 1.82) is 0 Å². The minimum Gasteiger partial charge on any atom is -0.392 e. The van der Waals surface area contributed by atoms with Crippen molar-refractivity contribution in [3.05, 3.63) is 23.8 Å². The zero-order valence-corrected chi connectivity index (χ0v) is 19.7. The van der Waals surface area contributed by atoms with E-state index in [2.05, 4.69) is 51.2 Å². The molecule has 0 aromatic carbocycles. The van der Waals surface area contributed by atoms with Crippen LogP contribution in [0.3, 0.4) is 0 Å². The van der Waals surface area contributed by atoms with Crippen molar-refractivity contribution in [2.75, 3.05) is 6.54 Å². The number of rotatable bonds is 12. The molecule has 0 heterocycles. The van der Waals surface area contributed by atoms with E-state index in [1.165, 1.54) is 25.7 Å². The van der Waals surface area contributed by atoms with Crippen LogP contribution in [-0.2, 0) is 0 Å². The molecule has 3 nitrogen and oxygen atoms in total. The average Bonchev–Trinajstić information content (AvgIpc) is 3.13. The zero-order valence-electron chi connectivity index (χ0n) is 19.7. The summed E-state index contributed by atoms with van der Waals surface area (Å²) < 4.78 is 0. The summed E-state index contributed by atoms with van der Waals surface area (Å²) in [7, 11) is 0. The highest BCUT2D eigenvalue weighted by Crippen LogP contribution is 2.48. The predicted molar refractivity (Wildman–Crippen MR) is 124 cm³/mol. The highest BCUT2D eigenvalue weighted by atomic mass is 16.3. The summed E-state index contributed by atoms with van der Waals surface area (Å²) in [5.41, 5.74) is 1.22. The van der Waals surface area contributed by atoms with E-state index in [-0.39, 0.29) is 17.6 Å². The van der Waals surface area contributed by atoms with Crippen molar-refractivity contribution >= 4 is 0 Å². The van der Waals surface area contributed by atoms with Gasteiger partial charge in [0.25, 0.3) is 0 Å². The summed E-state index contributed by atoms with van der Waals surface area (Å²) in [4.78, 5) is 0. The van der Waals surface area contributed by atoms with Gasteiger partial charge in [-0.2, -0.15) is 0 Å². The van der Waals surface area contributed by atoms with Gasteiger partial charge in [-0.25, -0.2) is 0 Å². The number of aliphatic hydroxyl groups excluding tert-OH is 1. The van der Waals surface area contributed by atoms with Crippen LogP contribution in [-0.4, -0.2) is 34.0 Å². The molecule has 2 aliphatic carbocycles. The molecule has 0 unspecified atom stereocenters. The van der Waals surface area contributed by atoms with Crippen LogP contribution in [0.1, 0.15) is 98.8 Å². The van der Waals surface area contributed by atoms with E-state index in [9.17, 15) is 10.2 Å². The Labute approximate surface area is 180 Å². The quantitative estimate of drug-likeness (QED) is 0.285. The smallest absolute Gasteiger partial charge is 0.0654 e. The van der Waals surface area contributed by atoms with Crippen LogP contribution in [0.25, 0.3) is 0 Å². The Kier molecular flexibility index (Phi) is 9.44. The maximum Gasteiger partial charge on any atom is 0.0654 e. The van der Waals surface area contributed by atoms with E-state index in [0.29, 0.717) is 18.3 Å². The number of fused-ring (bicyclic) bond motifs is 1. The molecule has 1 fully saturated rings. The highest BCUT2D eigenvalue weighted by Gasteiger charge is 2.43. The molecule has 2 rings (SSSR count). The van der Waals surface area contributed by atoms with Crippen molar-refractivity contribution in [1.82, 2.24) is 5.32 Å². The molecule has 0 aromatic rings. The molecule has 2 aliphatic rings. The normalized spacial score (nSPS) is 29.3. The molecule has 0 aliphatic heterocycles. The van der Waals surface area contributed by atoms with Crippen molar-refractivity contribution in [2.24, 2.45) is 17.8 Å². The van der Waals surface area contributed by atoms with E-state index in [1.54, 1.807) is 5.57 Å². The second-order valence-electron chi connectivity index (χ2n) is 11.0. The van der Waals surface area contributed by atoms with Gasteiger partial charge in [0.2, 0.25) is 0 Å². The van der Waals surface area contributed by atoms with E-state index < -0.39 is 5.60 Å². The molecule has 0 spiro atoms. The lowest BCUT2D eigenvalue weighted by atomic mass is 9.87. The van der Waals surface area contributed by atoms with Gasteiger partial charge >= 0.3 is 0 Å². The fraction of sp³-hybridized carbons (Fsp3) is 0.846. The first-order chi connectivity index (χ1) is 13.6. The molecule has 0 aromatic heterocycles. The Bertz CT molecular complexity index is 543. The second-order valence-corrected chi connectivity index (χ2v) is 11.0. The van der Waals surface area contributed by atoms with E-state index in [0.717, 1.165) is 38.6 Å². The maximum atomic E-state index is 10.5. The first-order valence-corrected chi connectivity index (χ1v) is 12.1. The predicted octanol–water partition coefficient (Wildman–Crippen LogP) is 5.77. The zero-order chi connectivity index (χ0) is 21.5. The van der Waals surface area contributed by atoms with Gasteiger partial charge in [-0.3, -0.25) is 0 Å². The highest BCUT2D eigenvalue weighted by molar-refractivity contribution is 5.20. The summed E-state index contributed by atoms with van der Waals surface area (Å²) in [6.07, 6.45) is 17.4. The molecule has 1 saturated carbocycles. The van der Waals surface area contributed by atoms with Gasteiger partial charge in [-0.05, 0) is 91.0 Å². The summed E-state index contributed by atoms with van der Waals surface area (Å²) in [6.45, 7) is 11.9. The van der Waals surface area contributed by atoms with Crippen molar-refractivity contribution in [3.63, 3.8) is 0 Å². The van der Waals surface area contributed by atoms with Gasteiger partial charge in [0.15, 0.2) is 0 Å². The van der Waals surface area contributed by atoms with Crippen LogP contribution in [0.15, 0.2) is 23.8 Å². The topological polar surface area (TPSA) is 52.5 Å². The third-order valence-electron chi connectivity index (χ3n) is 6.76. The van der Waals surface area contributed by atoms with E-state index in [1.807, 2.05) is 6.92 Å². The Morgan fingerprint density at radius 3 is 2.59 bits per heavy atom. The second kappa shape index (κ2) is 11.1. The molecule has 0 amide bonds. The number of unbranched alkanes of at least 4 members (excludes halogenated alkanes) is 3. The lowest BCUT2D eigenvalue weighted by Gasteiger charge is -2.22. The molecule has 3 N–H and O–H groups in total. The lowest BCUT2D eigenvalue weighted by Crippen LogP contribution is -2.36. The van der Waals surface area contributed by atoms with Gasteiger partial charge in [-0.15, -0.1) is 0 Å². The number of hydrogen-bond donors (Lipinski definition) is 3. The van der Waals surface area contributed by atoms with Crippen molar-refractivity contribution < 1.29 is 10.2 Å². The van der Waals surface area contributed by atoms with Crippen molar-refractivity contribution in [2.45, 2.75) is 116 Å². The SMILES string of the molecule is CCCC[C@](C)(O)CC=C[C@@H]1[C@H]2CC(CCCCCNC(C)(C)C)=C[C@H]2C[C@H]1O. The van der Waals surface area contributed by atoms with Crippen LogP contribution in [0.5, 0.6) is 0 Å². The molecule has 168 valence electrons. The monoisotopic (exact) mass is 405 g/mol. The van der Waals surface area contributed by atoms with Crippen LogP contribution in [0, 0.1) is 17.8 Å². The Hall–Kier alpha value is -0.640. The van der Waals surface area contributed by atoms with Crippen molar-refractivity contribution in [3.8, 4) is 0 Å². The largest absolute Gasteiger partial charge is 0.392 e. The molecule has 0 radical (unpaired) electrons. The van der Waals surface area contributed by atoms with E-state index >= 15 is 0 Å². The average molecular weight is 406 g/mol. The van der Waals surface area contributed by atoms with Gasteiger partial charge in [0.05, 0.1) is 11.7 Å². The van der Waals surface area contributed by atoms with E-state index in [4.69, 9.17) is 0 Å². The first kappa shape index (κ1) is 24.6. The van der Waals surface area contributed by atoms with Crippen LogP contribution >= 0.6 is 0 Å².